The van der Waals surface area contributed by atoms with Gasteiger partial charge in [0.1, 0.15) is 12.4 Å². The summed E-state index contributed by atoms with van der Waals surface area (Å²) in [6.45, 7) is 2.53. The summed E-state index contributed by atoms with van der Waals surface area (Å²) in [4.78, 5) is 13.7. The van der Waals surface area contributed by atoms with Gasteiger partial charge in [-0.2, -0.15) is 5.10 Å². The molecule has 0 aliphatic carbocycles. The monoisotopic (exact) mass is 308 g/mol. The van der Waals surface area contributed by atoms with E-state index in [0.29, 0.717) is 35.3 Å². The van der Waals surface area contributed by atoms with Crippen LogP contribution >= 0.6 is 11.6 Å². The molecule has 0 aliphatic heterocycles. The fraction of sp³-hybridized carbons (Fsp3) is 0.286. The van der Waals surface area contributed by atoms with Crippen LogP contribution in [0, 0.1) is 6.92 Å². The molecular formula is C14H17ClN4O2. The standard InChI is InChI=1S/C14H17ClN4O2/c1-9-12(16)13(18-17-9)14(20)19(2)6-7-21-11-5-3-4-10(15)8-11/h3-5,8H,6-7,16H2,1-2H3,(H,17,18). The number of carbonyl (C=O) groups excluding carboxylic acids is 1. The van der Waals surface area contributed by atoms with Crippen molar-refractivity contribution in [2.75, 3.05) is 25.9 Å². The van der Waals surface area contributed by atoms with Crippen molar-refractivity contribution in [1.29, 1.82) is 0 Å². The number of hydrogen-bond donors (Lipinski definition) is 2. The Morgan fingerprint density at radius 3 is 2.90 bits per heavy atom. The Morgan fingerprint density at radius 2 is 2.29 bits per heavy atom. The van der Waals surface area contributed by atoms with Gasteiger partial charge >= 0.3 is 0 Å². The van der Waals surface area contributed by atoms with Gasteiger partial charge in [-0.05, 0) is 25.1 Å². The molecule has 0 aliphatic rings. The molecule has 7 heteroatoms. The zero-order chi connectivity index (χ0) is 15.4. The molecule has 21 heavy (non-hydrogen) atoms. The van der Waals surface area contributed by atoms with Crippen LogP contribution in [0.4, 0.5) is 5.69 Å². The van der Waals surface area contributed by atoms with Crippen molar-refractivity contribution in [3.8, 4) is 5.75 Å². The van der Waals surface area contributed by atoms with Gasteiger partial charge in [0.05, 0.1) is 17.9 Å². The van der Waals surface area contributed by atoms with Gasteiger partial charge in [0.15, 0.2) is 5.69 Å². The number of aromatic amines is 1. The highest BCUT2D eigenvalue weighted by molar-refractivity contribution is 6.30. The highest BCUT2D eigenvalue weighted by Crippen LogP contribution is 2.17. The number of ether oxygens (including phenoxy) is 1. The molecule has 0 unspecified atom stereocenters. The average molecular weight is 309 g/mol. The summed E-state index contributed by atoms with van der Waals surface area (Å²) in [6, 6.07) is 7.10. The fourth-order valence-electron chi connectivity index (χ4n) is 1.74. The first-order chi connectivity index (χ1) is 9.99. The normalized spacial score (nSPS) is 10.4. The summed E-state index contributed by atoms with van der Waals surface area (Å²) in [5.41, 5.74) is 7.08. The number of nitrogens with zero attached hydrogens (tertiary/aromatic N) is 2. The largest absolute Gasteiger partial charge is 0.492 e. The van der Waals surface area contributed by atoms with Crippen LogP contribution in [-0.4, -0.2) is 41.2 Å². The highest BCUT2D eigenvalue weighted by Gasteiger charge is 2.19. The second-order valence-corrected chi connectivity index (χ2v) is 5.08. The fourth-order valence-corrected chi connectivity index (χ4v) is 1.92. The Bertz CT molecular complexity index is 642. The van der Waals surface area contributed by atoms with Crippen molar-refractivity contribution in [3.05, 3.63) is 40.7 Å². The van der Waals surface area contributed by atoms with E-state index in [1.165, 1.54) is 4.90 Å². The second kappa shape index (κ2) is 6.49. The number of nitrogen functional groups attached to an aromatic ring is 1. The molecule has 1 aromatic heterocycles. The third-order valence-electron chi connectivity index (χ3n) is 3.04. The minimum atomic E-state index is -0.244. The molecule has 6 nitrogen and oxygen atoms in total. The van der Waals surface area contributed by atoms with E-state index in [-0.39, 0.29) is 11.6 Å². The van der Waals surface area contributed by atoms with Crippen molar-refractivity contribution in [2.24, 2.45) is 0 Å². The van der Waals surface area contributed by atoms with E-state index in [1.807, 2.05) is 6.07 Å². The van der Waals surface area contributed by atoms with E-state index < -0.39 is 0 Å². The lowest BCUT2D eigenvalue weighted by Crippen LogP contribution is -2.31. The number of benzene rings is 1. The van der Waals surface area contributed by atoms with Crippen LogP contribution in [0.25, 0.3) is 0 Å². The van der Waals surface area contributed by atoms with Gasteiger partial charge in [-0.25, -0.2) is 0 Å². The van der Waals surface area contributed by atoms with Crippen molar-refractivity contribution < 1.29 is 9.53 Å². The zero-order valence-electron chi connectivity index (χ0n) is 11.9. The molecule has 0 saturated carbocycles. The number of nitrogens with two attached hydrogens (primary N) is 1. The van der Waals surface area contributed by atoms with E-state index >= 15 is 0 Å². The Kier molecular flexibility index (Phi) is 4.70. The summed E-state index contributed by atoms with van der Waals surface area (Å²) in [7, 11) is 1.67. The zero-order valence-corrected chi connectivity index (χ0v) is 12.6. The van der Waals surface area contributed by atoms with Gasteiger partial charge in [0.25, 0.3) is 5.91 Å². The summed E-state index contributed by atoms with van der Waals surface area (Å²) < 4.78 is 5.54. The highest BCUT2D eigenvalue weighted by atomic mass is 35.5. The number of nitrogens with one attached hydrogen (secondary N) is 1. The Balaban J connectivity index is 1.88. The number of hydrogen-bond acceptors (Lipinski definition) is 4. The minimum absolute atomic E-state index is 0.234. The summed E-state index contributed by atoms with van der Waals surface area (Å²) in [6.07, 6.45) is 0. The molecule has 0 saturated heterocycles. The van der Waals surface area contributed by atoms with E-state index in [2.05, 4.69) is 10.2 Å². The van der Waals surface area contributed by atoms with Crippen molar-refractivity contribution in [2.45, 2.75) is 6.92 Å². The maximum Gasteiger partial charge on any atom is 0.276 e. The van der Waals surface area contributed by atoms with Gasteiger partial charge < -0.3 is 15.4 Å². The van der Waals surface area contributed by atoms with E-state index in [4.69, 9.17) is 22.1 Å². The van der Waals surface area contributed by atoms with Crippen LogP contribution in [-0.2, 0) is 0 Å². The van der Waals surface area contributed by atoms with Gasteiger partial charge in [0.2, 0.25) is 0 Å². The lowest BCUT2D eigenvalue weighted by Gasteiger charge is -2.16. The molecule has 0 fully saturated rings. The third kappa shape index (κ3) is 3.66. The van der Waals surface area contributed by atoms with Crippen LogP contribution < -0.4 is 10.5 Å². The number of H-pyrrole nitrogens is 1. The maximum atomic E-state index is 12.2. The predicted molar refractivity (Wildman–Crippen MR) is 81.6 cm³/mol. The summed E-state index contributed by atoms with van der Waals surface area (Å²) >= 11 is 5.87. The number of likely N-dealkylation sites (N-methyl/N-ethyl adjacent to an activating group) is 1. The second-order valence-electron chi connectivity index (χ2n) is 4.64. The quantitative estimate of drug-likeness (QED) is 0.886. The third-order valence-corrected chi connectivity index (χ3v) is 3.27. The van der Waals surface area contributed by atoms with Gasteiger partial charge in [0, 0.05) is 12.1 Å². The Labute approximate surface area is 127 Å². The van der Waals surface area contributed by atoms with Crippen LogP contribution in [0.3, 0.4) is 0 Å². The number of amides is 1. The maximum absolute atomic E-state index is 12.2. The molecule has 0 bridgehead atoms. The first-order valence-corrected chi connectivity index (χ1v) is 6.81. The molecule has 2 aromatic rings. The number of rotatable bonds is 5. The molecule has 3 N–H and O–H groups in total. The Hall–Kier alpha value is -2.21. The van der Waals surface area contributed by atoms with Crippen LogP contribution in [0.1, 0.15) is 16.2 Å². The summed E-state index contributed by atoms with van der Waals surface area (Å²) in [5, 5.41) is 7.22. The van der Waals surface area contributed by atoms with Gasteiger partial charge in [-0.15, -0.1) is 0 Å². The number of carbonyl (C=O) groups is 1. The first kappa shape index (κ1) is 15.2. The lowest BCUT2D eigenvalue weighted by molar-refractivity contribution is 0.0769. The SMILES string of the molecule is Cc1[nH]nc(C(=O)N(C)CCOc2cccc(Cl)c2)c1N. The topological polar surface area (TPSA) is 84.2 Å². The van der Waals surface area contributed by atoms with Crippen LogP contribution in [0.15, 0.2) is 24.3 Å². The van der Waals surface area contributed by atoms with Crippen LogP contribution in [0.5, 0.6) is 5.75 Å². The van der Waals surface area contributed by atoms with Crippen LogP contribution in [0.2, 0.25) is 5.02 Å². The van der Waals surface area contributed by atoms with E-state index in [1.54, 1.807) is 32.2 Å². The molecular weight excluding hydrogens is 292 g/mol. The molecule has 1 heterocycles. The molecule has 0 atom stereocenters. The van der Waals surface area contributed by atoms with Crippen molar-refractivity contribution in [1.82, 2.24) is 15.1 Å². The van der Waals surface area contributed by atoms with Crippen molar-refractivity contribution >= 4 is 23.2 Å². The number of aryl methyl sites for hydroxylation is 1. The molecule has 0 spiro atoms. The first-order valence-electron chi connectivity index (χ1n) is 6.43. The van der Waals surface area contributed by atoms with E-state index in [9.17, 15) is 4.79 Å². The molecule has 1 aromatic carbocycles. The number of anilines is 1. The predicted octanol–water partition coefficient (Wildman–Crippen LogP) is 2.10. The van der Waals surface area contributed by atoms with Crippen molar-refractivity contribution in [3.63, 3.8) is 0 Å². The Morgan fingerprint density at radius 1 is 1.52 bits per heavy atom. The lowest BCUT2D eigenvalue weighted by atomic mass is 10.3. The van der Waals surface area contributed by atoms with Gasteiger partial charge in [-0.1, -0.05) is 17.7 Å². The number of aromatic nitrogens is 2. The smallest absolute Gasteiger partial charge is 0.276 e. The van der Waals surface area contributed by atoms with Gasteiger partial charge in [-0.3, -0.25) is 9.89 Å². The van der Waals surface area contributed by atoms with E-state index in [0.717, 1.165) is 0 Å². The molecule has 1 amide bonds. The number of halogens is 1. The summed E-state index contributed by atoms with van der Waals surface area (Å²) in [5.74, 6) is 0.421. The average Bonchev–Trinajstić information content (AvgIpc) is 2.78. The minimum Gasteiger partial charge on any atom is -0.492 e. The molecule has 0 radical (unpaired) electrons. The molecule has 2 rings (SSSR count). The molecule has 112 valence electrons.